The topological polar surface area (TPSA) is 59.6 Å². The van der Waals surface area contributed by atoms with E-state index in [1.165, 1.54) is 0 Å². The fraction of sp³-hybridized carbons (Fsp3) is 0.889. The van der Waals surface area contributed by atoms with Crippen molar-refractivity contribution in [2.45, 2.75) is 26.3 Å². The van der Waals surface area contributed by atoms with Crippen LogP contribution in [0.5, 0.6) is 0 Å². The van der Waals surface area contributed by atoms with Crippen molar-refractivity contribution in [3.8, 4) is 0 Å². The molecule has 0 spiro atoms. The van der Waals surface area contributed by atoms with E-state index < -0.39 is 0 Å². The minimum atomic E-state index is -0.227. The minimum Gasteiger partial charge on any atom is -0.382 e. The van der Waals surface area contributed by atoms with Crippen molar-refractivity contribution < 1.29 is 14.3 Å². The number of carbonyl (C=O) groups excluding carboxylic acids is 1. The highest BCUT2D eigenvalue weighted by atomic mass is 16.5. The maximum Gasteiger partial charge on any atom is 0.316 e. The van der Waals surface area contributed by atoms with Crippen molar-refractivity contribution in [2.75, 3.05) is 27.1 Å². The lowest BCUT2D eigenvalue weighted by molar-refractivity contribution is 0.0639. The zero-order valence-electron chi connectivity index (χ0n) is 9.35. The van der Waals surface area contributed by atoms with Crippen molar-refractivity contribution in [1.82, 2.24) is 10.6 Å². The molecule has 5 nitrogen and oxygen atoms in total. The Hall–Kier alpha value is -0.810. The van der Waals surface area contributed by atoms with Gasteiger partial charge in [0.05, 0.1) is 13.2 Å². The number of carbonyl (C=O) groups is 1. The summed E-state index contributed by atoms with van der Waals surface area (Å²) >= 11 is 0. The summed E-state index contributed by atoms with van der Waals surface area (Å²) in [4.78, 5) is 11.2. The van der Waals surface area contributed by atoms with E-state index in [4.69, 9.17) is 9.47 Å². The summed E-state index contributed by atoms with van der Waals surface area (Å²) in [6.45, 7) is 6.95. The summed E-state index contributed by atoms with van der Waals surface area (Å²) in [7, 11) is 1.60. The van der Waals surface area contributed by atoms with Gasteiger partial charge in [-0.15, -0.1) is 0 Å². The highest BCUT2D eigenvalue weighted by Gasteiger charge is 2.12. The zero-order valence-corrected chi connectivity index (χ0v) is 9.35. The summed E-state index contributed by atoms with van der Waals surface area (Å²) in [5, 5.41) is 5.32. The first-order valence-corrected chi connectivity index (χ1v) is 4.58. The molecular weight excluding hydrogens is 184 g/mol. The molecule has 2 N–H and O–H groups in total. The molecule has 0 aromatic rings. The normalized spacial score (nSPS) is 11.1. The van der Waals surface area contributed by atoms with Gasteiger partial charge < -0.3 is 20.1 Å². The Labute approximate surface area is 85.1 Å². The fourth-order valence-electron chi connectivity index (χ4n) is 0.716. The average Bonchev–Trinajstić information content (AvgIpc) is 2.00. The molecule has 0 fully saturated rings. The third kappa shape index (κ3) is 9.28. The number of nitrogens with one attached hydrogen (secondary N) is 2. The number of amides is 2. The van der Waals surface area contributed by atoms with Crippen molar-refractivity contribution in [1.29, 1.82) is 0 Å². The molecule has 0 heterocycles. The summed E-state index contributed by atoms with van der Waals surface area (Å²) in [6.07, 6.45) is 0. The number of ether oxygens (including phenoxy) is 2. The van der Waals surface area contributed by atoms with Crippen LogP contribution in [0.1, 0.15) is 20.8 Å². The van der Waals surface area contributed by atoms with Gasteiger partial charge in [0, 0.05) is 12.6 Å². The number of urea groups is 1. The van der Waals surface area contributed by atoms with E-state index in [1.807, 2.05) is 20.8 Å². The highest BCUT2D eigenvalue weighted by Crippen LogP contribution is 1.96. The first kappa shape index (κ1) is 13.2. The van der Waals surface area contributed by atoms with Crippen molar-refractivity contribution >= 4 is 6.03 Å². The Morgan fingerprint density at radius 1 is 1.29 bits per heavy atom. The van der Waals surface area contributed by atoms with Gasteiger partial charge in [0.25, 0.3) is 0 Å². The summed E-state index contributed by atoms with van der Waals surface area (Å²) in [5.74, 6) is 0. The molecular formula is C9H20N2O3. The maximum absolute atomic E-state index is 11.2. The van der Waals surface area contributed by atoms with Crippen molar-refractivity contribution in [3.05, 3.63) is 0 Å². The molecule has 2 amide bonds. The lowest BCUT2D eigenvalue weighted by Gasteiger charge is -2.20. The van der Waals surface area contributed by atoms with E-state index >= 15 is 0 Å². The van der Waals surface area contributed by atoms with Crippen LogP contribution in [0, 0.1) is 0 Å². The van der Waals surface area contributed by atoms with Crippen molar-refractivity contribution in [2.24, 2.45) is 0 Å². The van der Waals surface area contributed by atoms with Gasteiger partial charge in [-0.2, -0.15) is 0 Å². The van der Waals surface area contributed by atoms with Crippen LogP contribution in [0.25, 0.3) is 0 Å². The first-order valence-electron chi connectivity index (χ1n) is 4.58. The van der Waals surface area contributed by atoms with Crippen LogP contribution in [-0.4, -0.2) is 38.6 Å². The SMILES string of the molecule is COCCOCNC(=O)NC(C)(C)C. The quantitative estimate of drug-likeness (QED) is 0.512. The second kappa shape index (κ2) is 6.62. The Kier molecular flexibility index (Phi) is 6.23. The Bertz CT molecular complexity index is 166. The van der Waals surface area contributed by atoms with Crippen LogP contribution in [0.15, 0.2) is 0 Å². The molecule has 0 aromatic heterocycles. The van der Waals surface area contributed by atoms with Gasteiger partial charge in [0.1, 0.15) is 6.73 Å². The van der Waals surface area contributed by atoms with Gasteiger partial charge >= 0.3 is 6.03 Å². The summed E-state index contributed by atoms with van der Waals surface area (Å²) in [5.41, 5.74) is -0.226. The number of rotatable bonds is 5. The molecule has 0 saturated heterocycles. The average molecular weight is 204 g/mol. The Morgan fingerprint density at radius 3 is 2.43 bits per heavy atom. The molecule has 0 unspecified atom stereocenters. The highest BCUT2D eigenvalue weighted by molar-refractivity contribution is 5.74. The van der Waals surface area contributed by atoms with Gasteiger partial charge in [-0.25, -0.2) is 4.79 Å². The van der Waals surface area contributed by atoms with Crippen LogP contribution in [0.2, 0.25) is 0 Å². The van der Waals surface area contributed by atoms with Crippen LogP contribution >= 0.6 is 0 Å². The Balaban J connectivity index is 3.36. The molecule has 14 heavy (non-hydrogen) atoms. The molecule has 0 aliphatic carbocycles. The van der Waals surface area contributed by atoms with E-state index in [0.717, 1.165) is 0 Å². The van der Waals surface area contributed by atoms with Gasteiger partial charge in [0.15, 0.2) is 0 Å². The van der Waals surface area contributed by atoms with E-state index in [2.05, 4.69) is 10.6 Å². The third-order valence-electron chi connectivity index (χ3n) is 1.26. The molecule has 84 valence electrons. The van der Waals surface area contributed by atoms with Crippen LogP contribution in [0.4, 0.5) is 4.79 Å². The molecule has 0 radical (unpaired) electrons. The molecule has 0 bridgehead atoms. The van der Waals surface area contributed by atoms with Crippen LogP contribution < -0.4 is 10.6 Å². The van der Waals surface area contributed by atoms with Gasteiger partial charge in [-0.1, -0.05) is 0 Å². The number of hydrogen-bond donors (Lipinski definition) is 2. The van der Waals surface area contributed by atoms with E-state index in [1.54, 1.807) is 7.11 Å². The lowest BCUT2D eigenvalue weighted by Crippen LogP contribution is -2.47. The minimum absolute atomic E-state index is 0.200. The summed E-state index contributed by atoms with van der Waals surface area (Å²) in [6, 6.07) is -0.227. The molecule has 0 rings (SSSR count). The van der Waals surface area contributed by atoms with E-state index in [0.29, 0.717) is 13.2 Å². The largest absolute Gasteiger partial charge is 0.382 e. The molecule has 5 heteroatoms. The van der Waals surface area contributed by atoms with E-state index in [-0.39, 0.29) is 18.3 Å². The van der Waals surface area contributed by atoms with Crippen molar-refractivity contribution in [3.63, 3.8) is 0 Å². The predicted octanol–water partition coefficient (Wildman–Crippen LogP) is 0.705. The molecule has 0 aromatic carbocycles. The van der Waals surface area contributed by atoms with E-state index in [9.17, 15) is 4.79 Å². The fourth-order valence-corrected chi connectivity index (χ4v) is 0.716. The molecule has 0 atom stereocenters. The van der Waals surface area contributed by atoms with Gasteiger partial charge in [0.2, 0.25) is 0 Å². The molecule has 0 aliphatic heterocycles. The lowest BCUT2D eigenvalue weighted by atomic mass is 10.1. The first-order chi connectivity index (χ1) is 6.45. The smallest absolute Gasteiger partial charge is 0.316 e. The predicted molar refractivity (Wildman–Crippen MR) is 54.1 cm³/mol. The second-order valence-electron chi connectivity index (χ2n) is 3.93. The van der Waals surface area contributed by atoms with Crippen LogP contribution in [-0.2, 0) is 9.47 Å². The molecule has 0 saturated carbocycles. The molecule has 0 aliphatic rings. The number of methoxy groups -OCH3 is 1. The van der Waals surface area contributed by atoms with Gasteiger partial charge in [-0.05, 0) is 20.8 Å². The monoisotopic (exact) mass is 204 g/mol. The second-order valence-corrected chi connectivity index (χ2v) is 3.93. The Morgan fingerprint density at radius 2 is 1.93 bits per heavy atom. The van der Waals surface area contributed by atoms with Crippen LogP contribution in [0.3, 0.4) is 0 Å². The zero-order chi connectivity index (χ0) is 11.0. The maximum atomic E-state index is 11.2. The standard InChI is InChI=1S/C9H20N2O3/c1-9(2,3)11-8(12)10-7-14-6-5-13-4/h5-7H2,1-4H3,(H2,10,11,12). The third-order valence-corrected chi connectivity index (χ3v) is 1.26. The summed E-state index contributed by atoms with van der Waals surface area (Å²) < 4.78 is 9.84. The number of hydrogen-bond acceptors (Lipinski definition) is 3. The van der Waals surface area contributed by atoms with Gasteiger partial charge in [-0.3, -0.25) is 0 Å².